The Morgan fingerprint density at radius 2 is 1.59 bits per heavy atom. The largest absolute Gasteiger partial charge is 0.416 e. The molecule has 8 heteroatoms. The number of rotatable bonds is 4. The van der Waals surface area contributed by atoms with E-state index in [4.69, 9.17) is 0 Å². The molecule has 4 rings (SSSR count). The van der Waals surface area contributed by atoms with Crippen LogP contribution in [-0.2, 0) is 15.8 Å². The quantitative estimate of drug-likeness (QED) is 0.610. The number of nitrogens with zero attached hydrogens (tertiary/aromatic N) is 2. The van der Waals surface area contributed by atoms with Crippen LogP contribution in [-0.4, -0.2) is 24.1 Å². The normalized spacial score (nSPS) is 13.8. The highest BCUT2D eigenvalue weighted by molar-refractivity contribution is 6.18. The van der Waals surface area contributed by atoms with Crippen molar-refractivity contribution in [2.45, 2.75) is 12.6 Å². The number of amides is 2. The summed E-state index contributed by atoms with van der Waals surface area (Å²) in [5, 5.41) is 2.54. The topological polar surface area (TPSA) is 61.8 Å². The van der Waals surface area contributed by atoms with Gasteiger partial charge in [-0.05, 0) is 42.0 Å². The standard InChI is InChI=1S/C24H18F3N3O2/c25-24(26,27)17-10-12-18(13-11-17)28-22(31)15-30-21-9-5-4-8-19(21)29-20(14-23(30)32)16-6-2-1-3-7-16/h1-13H,14-15H2,(H,28,31). The van der Waals surface area contributed by atoms with Crippen LogP contribution < -0.4 is 10.2 Å². The van der Waals surface area contributed by atoms with Crippen LogP contribution in [0.25, 0.3) is 0 Å². The Kier molecular flexibility index (Phi) is 5.77. The summed E-state index contributed by atoms with van der Waals surface area (Å²) in [5.41, 5.74) is 1.85. The summed E-state index contributed by atoms with van der Waals surface area (Å²) in [7, 11) is 0. The maximum Gasteiger partial charge on any atom is 0.416 e. The molecule has 0 aliphatic carbocycles. The number of hydrogen-bond acceptors (Lipinski definition) is 3. The fourth-order valence-corrected chi connectivity index (χ4v) is 3.40. The number of hydrogen-bond donors (Lipinski definition) is 1. The highest BCUT2D eigenvalue weighted by Crippen LogP contribution is 2.33. The SMILES string of the molecule is O=C(CN1C(=O)CC(c2ccccc2)=Nc2ccccc21)Nc1ccc(C(F)(F)F)cc1. The summed E-state index contributed by atoms with van der Waals surface area (Å²) >= 11 is 0. The molecule has 3 aromatic rings. The minimum Gasteiger partial charge on any atom is -0.325 e. The molecular weight excluding hydrogens is 419 g/mol. The third kappa shape index (κ3) is 4.69. The maximum absolute atomic E-state index is 13.0. The molecule has 32 heavy (non-hydrogen) atoms. The second-order valence-corrected chi connectivity index (χ2v) is 7.19. The second kappa shape index (κ2) is 8.66. The summed E-state index contributed by atoms with van der Waals surface area (Å²) in [6.07, 6.45) is -4.45. The molecule has 0 aromatic heterocycles. The first-order valence-corrected chi connectivity index (χ1v) is 9.81. The maximum atomic E-state index is 13.0. The van der Waals surface area contributed by atoms with Crippen molar-refractivity contribution in [2.75, 3.05) is 16.8 Å². The van der Waals surface area contributed by atoms with Gasteiger partial charge in [0, 0.05) is 5.69 Å². The molecular formula is C24H18F3N3O2. The van der Waals surface area contributed by atoms with Crippen molar-refractivity contribution in [1.82, 2.24) is 0 Å². The van der Waals surface area contributed by atoms with Crippen molar-refractivity contribution in [1.29, 1.82) is 0 Å². The summed E-state index contributed by atoms with van der Waals surface area (Å²) in [6.45, 7) is -0.297. The van der Waals surface area contributed by atoms with Gasteiger partial charge < -0.3 is 10.2 Å². The van der Waals surface area contributed by atoms with Crippen LogP contribution in [0.1, 0.15) is 17.5 Å². The number of carbonyl (C=O) groups excluding carboxylic acids is 2. The van der Waals surface area contributed by atoms with E-state index in [1.807, 2.05) is 30.3 Å². The lowest BCUT2D eigenvalue weighted by Crippen LogP contribution is -2.38. The highest BCUT2D eigenvalue weighted by atomic mass is 19.4. The Labute approximate surface area is 182 Å². The third-order valence-corrected chi connectivity index (χ3v) is 4.95. The fraction of sp³-hybridized carbons (Fsp3) is 0.125. The van der Waals surface area contributed by atoms with E-state index in [2.05, 4.69) is 10.3 Å². The number of para-hydroxylation sites is 2. The molecule has 0 saturated heterocycles. The van der Waals surface area contributed by atoms with Gasteiger partial charge in [-0.15, -0.1) is 0 Å². The molecule has 1 aliphatic rings. The van der Waals surface area contributed by atoms with Crippen LogP contribution in [0.2, 0.25) is 0 Å². The molecule has 0 bridgehead atoms. The van der Waals surface area contributed by atoms with Crippen LogP contribution in [0.3, 0.4) is 0 Å². The number of benzene rings is 3. The lowest BCUT2D eigenvalue weighted by atomic mass is 10.1. The number of carbonyl (C=O) groups is 2. The molecule has 0 unspecified atom stereocenters. The fourth-order valence-electron chi connectivity index (χ4n) is 3.40. The molecule has 0 atom stereocenters. The van der Waals surface area contributed by atoms with Crippen LogP contribution in [0.15, 0.2) is 83.9 Å². The molecule has 5 nitrogen and oxygen atoms in total. The van der Waals surface area contributed by atoms with E-state index in [-0.39, 0.29) is 24.6 Å². The Balaban J connectivity index is 1.54. The first-order valence-electron chi connectivity index (χ1n) is 9.81. The molecule has 1 N–H and O–H groups in total. The highest BCUT2D eigenvalue weighted by Gasteiger charge is 2.30. The van der Waals surface area contributed by atoms with Gasteiger partial charge in [-0.1, -0.05) is 42.5 Å². The molecule has 0 radical (unpaired) electrons. The average molecular weight is 437 g/mol. The zero-order valence-electron chi connectivity index (χ0n) is 16.8. The van der Waals surface area contributed by atoms with E-state index >= 15 is 0 Å². The molecule has 162 valence electrons. The van der Waals surface area contributed by atoms with Crippen molar-refractivity contribution in [3.63, 3.8) is 0 Å². The van der Waals surface area contributed by atoms with Crippen LogP contribution >= 0.6 is 0 Å². The Morgan fingerprint density at radius 1 is 0.938 bits per heavy atom. The van der Waals surface area contributed by atoms with Gasteiger partial charge in [0.2, 0.25) is 11.8 Å². The first kappa shape index (κ1) is 21.3. The Morgan fingerprint density at radius 3 is 2.28 bits per heavy atom. The predicted molar refractivity (Wildman–Crippen MR) is 116 cm³/mol. The zero-order valence-corrected chi connectivity index (χ0v) is 16.8. The Bertz CT molecular complexity index is 1170. The van der Waals surface area contributed by atoms with Crippen LogP contribution in [0.4, 0.5) is 30.2 Å². The summed E-state index contributed by atoms with van der Waals surface area (Å²) in [4.78, 5) is 31.7. The minimum atomic E-state index is -4.46. The number of halogens is 3. The second-order valence-electron chi connectivity index (χ2n) is 7.19. The molecule has 1 aliphatic heterocycles. The van der Waals surface area contributed by atoms with Gasteiger partial charge in [-0.25, -0.2) is 0 Å². The van der Waals surface area contributed by atoms with Gasteiger partial charge >= 0.3 is 6.18 Å². The van der Waals surface area contributed by atoms with Crippen molar-refractivity contribution in [2.24, 2.45) is 4.99 Å². The molecule has 2 amide bonds. The van der Waals surface area contributed by atoms with Gasteiger partial charge in [0.1, 0.15) is 6.54 Å². The first-order chi connectivity index (χ1) is 15.3. The van der Waals surface area contributed by atoms with E-state index in [0.717, 1.165) is 17.7 Å². The number of alkyl halides is 3. The lowest BCUT2D eigenvalue weighted by molar-refractivity contribution is -0.137. The number of fused-ring (bicyclic) bond motifs is 1. The number of anilines is 2. The van der Waals surface area contributed by atoms with Crippen molar-refractivity contribution in [3.8, 4) is 0 Å². The summed E-state index contributed by atoms with van der Waals surface area (Å²) in [5.74, 6) is -0.837. The van der Waals surface area contributed by atoms with Crippen molar-refractivity contribution in [3.05, 3.63) is 90.0 Å². The molecule has 1 heterocycles. The van der Waals surface area contributed by atoms with E-state index < -0.39 is 17.6 Å². The predicted octanol–water partition coefficient (Wildman–Crippen LogP) is 5.20. The molecule has 0 spiro atoms. The smallest absolute Gasteiger partial charge is 0.325 e. The van der Waals surface area contributed by atoms with Crippen LogP contribution in [0.5, 0.6) is 0 Å². The van der Waals surface area contributed by atoms with Gasteiger partial charge in [0.15, 0.2) is 0 Å². The monoisotopic (exact) mass is 437 g/mol. The van der Waals surface area contributed by atoms with Crippen molar-refractivity contribution < 1.29 is 22.8 Å². The number of aliphatic imine (C=N–C) groups is 1. The summed E-state index contributed by atoms with van der Waals surface area (Å²) in [6, 6.07) is 20.4. The van der Waals surface area contributed by atoms with Gasteiger partial charge in [0.05, 0.1) is 29.1 Å². The van der Waals surface area contributed by atoms with E-state index in [9.17, 15) is 22.8 Å². The molecule has 0 fully saturated rings. The number of nitrogens with one attached hydrogen (secondary N) is 1. The summed E-state index contributed by atoms with van der Waals surface area (Å²) < 4.78 is 38.2. The molecule has 3 aromatic carbocycles. The molecule has 0 saturated carbocycles. The van der Waals surface area contributed by atoms with E-state index in [1.54, 1.807) is 24.3 Å². The lowest BCUT2D eigenvalue weighted by Gasteiger charge is -2.22. The van der Waals surface area contributed by atoms with Gasteiger partial charge in [-0.3, -0.25) is 14.6 Å². The van der Waals surface area contributed by atoms with E-state index in [1.165, 1.54) is 17.0 Å². The van der Waals surface area contributed by atoms with Gasteiger partial charge in [-0.2, -0.15) is 13.2 Å². The Hall–Kier alpha value is -3.94. The average Bonchev–Trinajstić information content (AvgIpc) is 2.91. The minimum absolute atomic E-state index is 0.00620. The zero-order chi connectivity index (χ0) is 22.7. The van der Waals surface area contributed by atoms with Gasteiger partial charge in [0.25, 0.3) is 0 Å². The van der Waals surface area contributed by atoms with E-state index in [0.29, 0.717) is 17.1 Å². The van der Waals surface area contributed by atoms with Crippen LogP contribution in [0, 0.1) is 0 Å². The van der Waals surface area contributed by atoms with Crippen molar-refractivity contribution >= 4 is 34.6 Å². The third-order valence-electron chi connectivity index (χ3n) is 4.95.